The summed E-state index contributed by atoms with van der Waals surface area (Å²) in [4.78, 5) is 1.36. The molecular formula is C23H21F5N2O3S. The minimum atomic E-state index is -4.84. The summed E-state index contributed by atoms with van der Waals surface area (Å²) in [6.45, 7) is -1.18. The van der Waals surface area contributed by atoms with Crippen molar-refractivity contribution in [3.05, 3.63) is 72.3 Å². The van der Waals surface area contributed by atoms with Crippen molar-refractivity contribution in [3.8, 4) is 5.75 Å². The number of nitrogens with zero attached hydrogens (tertiary/aromatic N) is 2. The Bertz CT molecular complexity index is 1260. The van der Waals surface area contributed by atoms with E-state index in [1.165, 1.54) is 17.0 Å². The average molecular weight is 500 g/mol. The molecule has 1 aliphatic heterocycles. The Morgan fingerprint density at radius 3 is 2.21 bits per heavy atom. The monoisotopic (exact) mass is 500 g/mol. The second-order valence-corrected chi connectivity index (χ2v) is 10.1. The summed E-state index contributed by atoms with van der Waals surface area (Å²) in [6, 6.07) is 17.4. The minimum Gasteiger partial charge on any atom is -0.406 e. The molecule has 0 N–H and O–H groups in total. The van der Waals surface area contributed by atoms with Crippen molar-refractivity contribution in [2.24, 2.45) is 0 Å². The van der Waals surface area contributed by atoms with Gasteiger partial charge in [0.25, 0.3) is 5.92 Å². The topological polar surface area (TPSA) is 49.9 Å². The van der Waals surface area contributed by atoms with E-state index < -0.39 is 41.1 Å². The van der Waals surface area contributed by atoms with Crippen LogP contribution >= 0.6 is 0 Å². The van der Waals surface area contributed by atoms with Crippen LogP contribution in [0.25, 0.3) is 10.8 Å². The molecule has 1 fully saturated rings. The summed E-state index contributed by atoms with van der Waals surface area (Å²) >= 11 is 0. The summed E-state index contributed by atoms with van der Waals surface area (Å²) in [6.07, 6.45) is -4.84. The molecule has 0 spiro atoms. The van der Waals surface area contributed by atoms with Crippen LogP contribution in [0, 0.1) is 0 Å². The molecule has 11 heteroatoms. The number of benzene rings is 3. The number of hydrogen-bond acceptors (Lipinski definition) is 4. The first kappa shape index (κ1) is 24.2. The van der Waals surface area contributed by atoms with Crippen LogP contribution in [0.1, 0.15) is 5.56 Å². The molecule has 4 rings (SSSR count). The minimum absolute atomic E-state index is 0.0552. The first-order valence-electron chi connectivity index (χ1n) is 10.3. The molecule has 1 heterocycles. The lowest BCUT2D eigenvalue weighted by molar-refractivity contribution is -0.274. The van der Waals surface area contributed by atoms with Gasteiger partial charge < -0.3 is 4.74 Å². The molecule has 1 saturated heterocycles. The van der Waals surface area contributed by atoms with Crippen LogP contribution in [-0.2, 0) is 16.6 Å². The van der Waals surface area contributed by atoms with Crippen LogP contribution in [0.4, 0.5) is 27.6 Å². The van der Waals surface area contributed by atoms with Gasteiger partial charge in [-0.05, 0) is 40.6 Å². The van der Waals surface area contributed by atoms with Crippen molar-refractivity contribution in [2.75, 3.05) is 29.7 Å². The molecule has 0 bridgehead atoms. The molecule has 0 atom stereocenters. The molecule has 3 aromatic rings. The van der Waals surface area contributed by atoms with Crippen LogP contribution in [0.15, 0.2) is 66.7 Å². The van der Waals surface area contributed by atoms with Crippen molar-refractivity contribution in [1.29, 1.82) is 0 Å². The van der Waals surface area contributed by atoms with Gasteiger partial charge in [0.05, 0.1) is 31.1 Å². The molecule has 5 nitrogen and oxygen atoms in total. The third-order valence-electron chi connectivity index (χ3n) is 5.42. The highest BCUT2D eigenvalue weighted by Gasteiger charge is 2.44. The normalized spacial score (nSPS) is 16.3. The maximum atomic E-state index is 13.3. The van der Waals surface area contributed by atoms with E-state index in [0.29, 0.717) is 11.3 Å². The number of fused-ring (bicyclic) bond motifs is 1. The summed E-state index contributed by atoms with van der Waals surface area (Å²) in [5.74, 6) is -3.61. The van der Waals surface area contributed by atoms with Gasteiger partial charge in [-0.2, -0.15) is 0 Å². The number of anilines is 1. The maximum Gasteiger partial charge on any atom is 0.573 e. The van der Waals surface area contributed by atoms with Gasteiger partial charge in [-0.1, -0.05) is 42.5 Å². The molecule has 0 aromatic heterocycles. The highest BCUT2D eigenvalue weighted by molar-refractivity contribution is 7.92. The molecule has 1 aliphatic rings. The van der Waals surface area contributed by atoms with Gasteiger partial charge in [0, 0.05) is 6.54 Å². The Balaban J connectivity index is 1.59. The highest BCUT2D eigenvalue weighted by atomic mass is 32.2. The predicted octanol–water partition coefficient (Wildman–Crippen LogP) is 5.03. The van der Waals surface area contributed by atoms with Gasteiger partial charge in [0.15, 0.2) is 0 Å². The van der Waals surface area contributed by atoms with Gasteiger partial charge in [0.2, 0.25) is 10.0 Å². The smallest absolute Gasteiger partial charge is 0.406 e. The first-order valence-corrected chi connectivity index (χ1v) is 12.0. The molecule has 34 heavy (non-hydrogen) atoms. The third-order valence-corrected chi connectivity index (χ3v) is 7.13. The standard InChI is InChI=1S/C23H21F5N2O3S/c24-22(25)15-29(16-22)11-12-34(31,32)30(20-8-7-18-3-1-2-4-19(18)13-20)14-17-5-9-21(10-6-17)33-23(26,27)28/h1-10,13H,11-12,14-16H2. The van der Waals surface area contributed by atoms with Crippen LogP contribution in [-0.4, -0.2) is 51.0 Å². The lowest BCUT2D eigenvalue weighted by Crippen LogP contribution is -2.57. The largest absolute Gasteiger partial charge is 0.573 e. The predicted molar refractivity (Wildman–Crippen MR) is 118 cm³/mol. The Labute approximate surface area is 193 Å². The van der Waals surface area contributed by atoms with Crippen LogP contribution in [0.3, 0.4) is 0 Å². The van der Waals surface area contributed by atoms with E-state index in [4.69, 9.17) is 0 Å². The molecule has 0 saturated carbocycles. The summed E-state index contributed by atoms with van der Waals surface area (Å²) in [5.41, 5.74) is 0.796. The Morgan fingerprint density at radius 2 is 1.59 bits per heavy atom. The molecule has 182 valence electrons. The fourth-order valence-corrected chi connectivity index (χ4v) is 5.26. The number of halogens is 5. The van der Waals surface area contributed by atoms with E-state index in [1.54, 1.807) is 18.2 Å². The maximum absolute atomic E-state index is 13.3. The van der Waals surface area contributed by atoms with E-state index in [2.05, 4.69) is 4.74 Å². The number of ether oxygens (including phenoxy) is 1. The first-order chi connectivity index (χ1) is 15.9. The SMILES string of the molecule is O=S(=O)(CCN1CC(F)(F)C1)N(Cc1ccc(OC(F)(F)F)cc1)c1ccc2ccccc2c1. The van der Waals surface area contributed by atoms with E-state index in [1.807, 2.05) is 24.3 Å². The van der Waals surface area contributed by atoms with Crippen molar-refractivity contribution >= 4 is 26.5 Å². The van der Waals surface area contributed by atoms with E-state index in [-0.39, 0.29) is 18.8 Å². The molecule has 0 amide bonds. The molecule has 0 radical (unpaired) electrons. The van der Waals surface area contributed by atoms with Crippen LogP contribution in [0.2, 0.25) is 0 Å². The zero-order valence-electron chi connectivity index (χ0n) is 17.8. The summed E-state index contributed by atoms with van der Waals surface area (Å²) in [5, 5.41) is 1.71. The number of sulfonamides is 1. The van der Waals surface area contributed by atoms with Gasteiger partial charge >= 0.3 is 6.36 Å². The summed E-state index contributed by atoms with van der Waals surface area (Å²) in [7, 11) is -3.95. The number of alkyl halides is 5. The summed E-state index contributed by atoms with van der Waals surface area (Å²) < 4.78 is 95.1. The lowest BCUT2D eigenvalue weighted by atomic mass is 10.1. The number of likely N-dealkylation sites (tertiary alicyclic amines) is 1. The Morgan fingerprint density at radius 1 is 0.941 bits per heavy atom. The van der Waals surface area contributed by atoms with Crippen molar-refractivity contribution in [3.63, 3.8) is 0 Å². The van der Waals surface area contributed by atoms with Crippen LogP contribution in [0.5, 0.6) is 5.75 Å². The van der Waals surface area contributed by atoms with Gasteiger partial charge in [0.1, 0.15) is 5.75 Å². The van der Waals surface area contributed by atoms with E-state index in [0.717, 1.165) is 27.2 Å². The third kappa shape index (κ3) is 5.95. The van der Waals surface area contributed by atoms with Gasteiger partial charge in [-0.15, -0.1) is 13.2 Å². The van der Waals surface area contributed by atoms with Crippen molar-refractivity contribution in [1.82, 2.24) is 4.90 Å². The van der Waals surface area contributed by atoms with Crippen LogP contribution < -0.4 is 9.04 Å². The Kier molecular flexibility index (Phi) is 6.43. The molecule has 0 aliphatic carbocycles. The molecule has 0 unspecified atom stereocenters. The quantitative estimate of drug-likeness (QED) is 0.408. The Hall–Kier alpha value is -2.92. The second kappa shape index (κ2) is 9.03. The fourth-order valence-electron chi connectivity index (χ4n) is 3.77. The number of rotatable bonds is 8. The van der Waals surface area contributed by atoms with Gasteiger partial charge in [-0.3, -0.25) is 9.21 Å². The zero-order chi connectivity index (χ0) is 24.6. The molecular weight excluding hydrogens is 479 g/mol. The lowest BCUT2D eigenvalue weighted by Gasteiger charge is -2.39. The highest BCUT2D eigenvalue weighted by Crippen LogP contribution is 2.29. The van der Waals surface area contributed by atoms with E-state index in [9.17, 15) is 30.4 Å². The molecule has 3 aromatic carbocycles. The number of hydrogen-bond donors (Lipinski definition) is 0. The van der Waals surface area contributed by atoms with E-state index >= 15 is 0 Å². The zero-order valence-corrected chi connectivity index (χ0v) is 18.6. The average Bonchev–Trinajstić information content (AvgIpc) is 2.74. The van der Waals surface area contributed by atoms with Gasteiger partial charge in [-0.25, -0.2) is 17.2 Å². The second-order valence-electron chi connectivity index (χ2n) is 8.11. The van der Waals surface area contributed by atoms with Crippen molar-refractivity contribution in [2.45, 2.75) is 18.8 Å². The van der Waals surface area contributed by atoms with Crippen molar-refractivity contribution < 1.29 is 35.1 Å². The fraction of sp³-hybridized carbons (Fsp3) is 0.304.